The van der Waals surface area contributed by atoms with E-state index in [0.717, 1.165) is 18.2 Å². The molecule has 0 aliphatic carbocycles. The Bertz CT molecular complexity index is 1140. The number of anilines is 1. The lowest BCUT2D eigenvalue weighted by atomic mass is 9.95. The van der Waals surface area contributed by atoms with Crippen LogP contribution in [0.2, 0.25) is 0 Å². The van der Waals surface area contributed by atoms with Gasteiger partial charge < -0.3 is 20.3 Å². The van der Waals surface area contributed by atoms with E-state index in [1.807, 2.05) is 0 Å². The molecule has 1 heterocycles. The fourth-order valence-corrected chi connectivity index (χ4v) is 3.43. The van der Waals surface area contributed by atoms with Crippen LogP contribution in [0.1, 0.15) is 48.3 Å². The number of benzene rings is 2. The molecule has 10 heteroatoms. The first-order valence-corrected chi connectivity index (χ1v) is 10.4. The van der Waals surface area contributed by atoms with E-state index >= 15 is 0 Å². The van der Waals surface area contributed by atoms with Crippen molar-refractivity contribution in [3.05, 3.63) is 76.5 Å². The van der Waals surface area contributed by atoms with Crippen molar-refractivity contribution in [1.29, 1.82) is 0 Å². The maximum absolute atomic E-state index is 12.9. The standard InChI is InChI=1S/C24H24F3N3O4/c1-13(2)34-22(32)19-14(3)30(4)23(33)29-20(19)15-8-10-18(11-9-15)28-21(31)16-6-5-7-17(12-16)24(25,26)27/h5-13,20H,1-4H3,(H,28,31)(H,29,33). The van der Waals surface area contributed by atoms with Crippen molar-refractivity contribution in [2.75, 3.05) is 12.4 Å². The molecule has 0 spiro atoms. The number of carbonyl (C=O) groups is 3. The van der Waals surface area contributed by atoms with Gasteiger partial charge in [0, 0.05) is 24.0 Å². The number of nitrogens with one attached hydrogen (secondary N) is 2. The Hall–Kier alpha value is -3.82. The van der Waals surface area contributed by atoms with Crippen LogP contribution in [0.5, 0.6) is 0 Å². The third-order valence-corrected chi connectivity index (χ3v) is 5.27. The summed E-state index contributed by atoms with van der Waals surface area (Å²) in [5.41, 5.74) is 0.555. The van der Waals surface area contributed by atoms with Gasteiger partial charge in [-0.1, -0.05) is 18.2 Å². The zero-order chi connectivity index (χ0) is 25.2. The smallest absolute Gasteiger partial charge is 0.416 e. The molecule has 0 saturated carbocycles. The maximum atomic E-state index is 12.9. The first-order chi connectivity index (χ1) is 15.9. The van der Waals surface area contributed by atoms with Crippen molar-refractivity contribution in [3.8, 4) is 0 Å². The fourth-order valence-electron chi connectivity index (χ4n) is 3.43. The molecule has 180 valence electrons. The molecule has 3 rings (SSSR count). The minimum atomic E-state index is -4.56. The average molecular weight is 475 g/mol. The van der Waals surface area contributed by atoms with Crippen LogP contribution in [-0.2, 0) is 15.7 Å². The molecule has 34 heavy (non-hydrogen) atoms. The van der Waals surface area contributed by atoms with Gasteiger partial charge in [-0.25, -0.2) is 9.59 Å². The second-order valence-electron chi connectivity index (χ2n) is 8.05. The predicted octanol–water partition coefficient (Wildman–Crippen LogP) is 4.88. The van der Waals surface area contributed by atoms with Gasteiger partial charge in [-0.15, -0.1) is 0 Å². The molecule has 7 nitrogen and oxygen atoms in total. The largest absolute Gasteiger partial charge is 0.459 e. The van der Waals surface area contributed by atoms with Gasteiger partial charge in [0.15, 0.2) is 0 Å². The molecule has 0 aromatic heterocycles. The number of allylic oxidation sites excluding steroid dienone is 1. The first kappa shape index (κ1) is 24.8. The SMILES string of the molecule is CC1=C(C(=O)OC(C)C)C(c2ccc(NC(=O)c3cccc(C(F)(F)F)c3)cc2)NC(=O)N1C. The fraction of sp³-hybridized carbons (Fsp3) is 0.292. The van der Waals surface area contributed by atoms with Crippen LogP contribution in [0, 0.1) is 0 Å². The van der Waals surface area contributed by atoms with Gasteiger partial charge in [0.1, 0.15) is 0 Å². The highest BCUT2D eigenvalue weighted by Gasteiger charge is 2.35. The molecule has 2 N–H and O–H groups in total. The minimum absolute atomic E-state index is 0.140. The molecule has 3 amide bonds. The number of ether oxygens (including phenoxy) is 1. The van der Waals surface area contributed by atoms with E-state index in [1.165, 1.54) is 30.1 Å². The molecule has 0 fully saturated rings. The first-order valence-electron chi connectivity index (χ1n) is 10.4. The molecular formula is C24H24F3N3O4. The number of urea groups is 1. The summed E-state index contributed by atoms with van der Waals surface area (Å²) in [6.45, 7) is 5.08. The topological polar surface area (TPSA) is 87.7 Å². The highest BCUT2D eigenvalue weighted by Crippen LogP contribution is 2.32. The van der Waals surface area contributed by atoms with Crippen LogP contribution in [0.3, 0.4) is 0 Å². The number of hydrogen-bond donors (Lipinski definition) is 2. The number of amides is 3. The van der Waals surface area contributed by atoms with Gasteiger partial charge in [-0.2, -0.15) is 13.2 Å². The summed E-state index contributed by atoms with van der Waals surface area (Å²) in [6.07, 6.45) is -4.92. The zero-order valence-electron chi connectivity index (χ0n) is 19.0. The second kappa shape index (κ2) is 9.58. The van der Waals surface area contributed by atoms with Crippen LogP contribution in [-0.4, -0.2) is 36.0 Å². The predicted molar refractivity (Wildman–Crippen MR) is 119 cm³/mol. The normalized spacial score (nSPS) is 16.4. The van der Waals surface area contributed by atoms with Crippen LogP contribution in [0.15, 0.2) is 59.8 Å². The quantitative estimate of drug-likeness (QED) is 0.604. The van der Waals surface area contributed by atoms with Crippen LogP contribution in [0.25, 0.3) is 0 Å². The lowest BCUT2D eigenvalue weighted by Gasteiger charge is -2.33. The Morgan fingerprint density at radius 3 is 2.35 bits per heavy atom. The second-order valence-corrected chi connectivity index (χ2v) is 8.05. The summed E-state index contributed by atoms with van der Waals surface area (Å²) in [7, 11) is 1.54. The van der Waals surface area contributed by atoms with Gasteiger partial charge in [-0.05, 0) is 56.7 Å². The maximum Gasteiger partial charge on any atom is 0.416 e. The van der Waals surface area contributed by atoms with E-state index in [-0.39, 0.29) is 17.2 Å². The average Bonchev–Trinajstić information content (AvgIpc) is 2.76. The third kappa shape index (κ3) is 5.38. The van der Waals surface area contributed by atoms with Gasteiger partial charge >= 0.3 is 18.2 Å². The molecule has 2 aromatic rings. The molecule has 1 unspecified atom stereocenters. The van der Waals surface area contributed by atoms with E-state index < -0.39 is 35.7 Å². The van der Waals surface area contributed by atoms with Gasteiger partial charge in [0.2, 0.25) is 0 Å². The number of carbonyl (C=O) groups excluding carboxylic acids is 3. The molecule has 2 aromatic carbocycles. The molecule has 0 radical (unpaired) electrons. The number of alkyl halides is 3. The summed E-state index contributed by atoms with van der Waals surface area (Å²) in [4.78, 5) is 38.8. The Balaban J connectivity index is 1.83. The van der Waals surface area contributed by atoms with E-state index in [2.05, 4.69) is 10.6 Å². The highest BCUT2D eigenvalue weighted by atomic mass is 19.4. The summed E-state index contributed by atoms with van der Waals surface area (Å²) in [5, 5.41) is 5.30. The lowest BCUT2D eigenvalue weighted by molar-refractivity contribution is -0.143. The third-order valence-electron chi connectivity index (χ3n) is 5.27. The van der Waals surface area contributed by atoms with Gasteiger partial charge in [-0.3, -0.25) is 4.79 Å². The minimum Gasteiger partial charge on any atom is -0.459 e. The van der Waals surface area contributed by atoms with Crippen molar-refractivity contribution >= 4 is 23.6 Å². The van der Waals surface area contributed by atoms with Crippen molar-refractivity contribution in [2.24, 2.45) is 0 Å². The molecule has 1 atom stereocenters. The summed E-state index contributed by atoms with van der Waals surface area (Å²) < 4.78 is 44.1. The highest BCUT2D eigenvalue weighted by molar-refractivity contribution is 6.04. The molecule has 0 saturated heterocycles. The number of esters is 1. The van der Waals surface area contributed by atoms with Crippen LogP contribution >= 0.6 is 0 Å². The molecule has 1 aliphatic rings. The van der Waals surface area contributed by atoms with Crippen molar-refractivity contribution < 1.29 is 32.3 Å². The molecule has 0 bridgehead atoms. The van der Waals surface area contributed by atoms with Crippen molar-refractivity contribution in [1.82, 2.24) is 10.2 Å². The lowest BCUT2D eigenvalue weighted by Crippen LogP contribution is -2.46. The molecule has 1 aliphatic heterocycles. The van der Waals surface area contributed by atoms with Crippen molar-refractivity contribution in [3.63, 3.8) is 0 Å². The van der Waals surface area contributed by atoms with E-state index in [0.29, 0.717) is 16.9 Å². The summed E-state index contributed by atoms with van der Waals surface area (Å²) in [6, 6.07) is 9.22. The van der Waals surface area contributed by atoms with E-state index in [9.17, 15) is 27.6 Å². The van der Waals surface area contributed by atoms with Gasteiger partial charge in [0.05, 0.1) is 23.3 Å². The Morgan fingerprint density at radius 1 is 1.12 bits per heavy atom. The summed E-state index contributed by atoms with van der Waals surface area (Å²) >= 11 is 0. The van der Waals surface area contributed by atoms with Crippen LogP contribution < -0.4 is 10.6 Å². The van der Waals surface area contributed by atoms with Crippen LogP contribution in [0.4, 0.5) is 23.7 Å². The number of nitrogens with zero attached hydrogens (tertiary/aromatic N) is 1. The Labute approximate surface area is 194 Å². The van der Waals surface area contributed by atoms with Gasteiger partial charge in [0.25, 0.3) is 5.91 Å². The number of hydrogen-bond acceptors (Lipinski definition) is 4. The Morgan fingerprint density at radius 2 is 1.76 bits per heavy atom. The molecular weight excluding hydrogens is 451 g/mol. The van der Waals surface area contributed by atoms with E-state index in [4.69, 9.17) is 4.74 Å². The number of halogens is 3. The number of rotatable bonds is 5. The summed E-state index contributed by atoms with van der Waals surface area (Å²) in [5.74, 6) is -1.27. The monoisotopic (exact) mass is 475 g/mol. The van der Waals surface area contributed by atoms with E-state index in [1.54, 1.807) is 32.9 Å². The Kier molecular flexibility index (Phi) is 6.99. The van der Waals surface area contributed by atoms with Crippen molar-refractivity contribution in [2.45, 2.75) is 39.1 Å². The zero-order valence-corrected chi connectivity index (χ0v) is 19.0.